The van der Waals surface area contributed by atoms with Gasteiger partial charge in [-0.2, -0.15) is 0 Å². The largest absolute Gasteiger partial charge is 0.573 e. The average Bonchev–Trinajstić information content (AvgIpc) is 3.24. The number of ether oxygens (including phenoxy) is 1. The van der Waals surface area contributed by atoms with Crippen LogP contribution < -0.4 is 15.4 Å². The minimum atomic E-state index is -4.72. The van der Waals surface area contributed by atoms with E-state index in [4.69, 9.17) is 4.52 Å². The van der Waals surface area contributed by atoms with Crippen molar-refractivity contribution in [3.05, 3.63) is 42.5 Å². The number of rotatable bonds is 5. The van der Waals surface area contributed by atoms with Gasteiger partial charge in [-0.3, -0.25) is 4.79 Å². The van der Waals surface area contributed by atoms with Gasteiger partial charge in [-0.15, -0.1) is 13.2 Å². The highest BCUT2D eigenvalue weighted by atomic mass is 19.4. The molecule has 0 unspecified atom stereocenters. The number of nitrogens with zero attached hydrogens (tertiary/aromatic N) is 1. The molecule has 1 saturated heterocycles. The van der Waals surface area contributed by atoms with E-state index < -0.39 is 6.36 Å². The zero-order valence-electron chi connectivity index (χ0n) is 14.5. The van der Waals surface area contributed by atoms with Gasteiger partial charge in [0.15, 0.2) is 11.4 Å². The fourth-order valence-corrected chi connectivity index (χ4v) is 3.15. The predicted octanol–water partition coefficient (Wildman–Crippen LogP) is 4.08. The molecule has 0 spiro atoms. The van der Waals surface area contributed by atoms with Crippen LogP contribution in [-0.4, -0.2) is 30.0 Å². The summed E-state index contributed by atoms with van der Waals surface area (Å²) in [4.78, 5) is 11.3. The number of carbonyl (C=O) groups excluding carboxylic acids is 1. The number of benzene rings is 2. The Morgan fingerprint density at radius 3 is 2.61 bits per heavy atom. The SMILES string of the molecule is O=C1CC[C@H](CNc2noc3ccc(-c4ccc(OC(F)(F)F)cc4)cc23)N1. The summed E-state index contributed by atoms with van der Waals surface area (Å²) in [6.45, 7) is 0.529. The van der Waals surface area contributed by atoms with Gasteiger partial charge in [0.1, 0.15) is 5.75 Å². The van der Waals surface area contributed by atoms with Crippen molar-refractivity contribution in [1.29, 1.82) is 0 Å². The van der Waals surface area contributed by atoms with Crippen molar-refractivity contribution in [3.8, 4) is 16.9 Å². The monoisotopic (exact) mass is 391 g/mol. The number of aromatic nitrogens is 1. The average molecular weight is 391 g/mol. The summed E-state index contributed by atoms with van der Waals surface area (Å²) in [5.41, 5.74) is 2.11. The molecule has 1 aliphatic heterocycles. The van der Waals surface area contributed by atoms with Crippen LogP contribution in [0, 0.1) is 0 Å². The quantitative estimate of drug-likeness (QED) is 0.685. The van der Waals surface area contributed by atoms with Crippen LogP contribution >= 0.6 is 0 Å². The molecule has 1 aromatic heterocycles. The molecule has 0 radical (unpaired) electrons. The summed E-state index contributed by atoms with van der Waals surface area (Å²) in [6, 6.07) is 11.1. The number of carbonyl (C=O) groups is 1. The molecular weight excluding hydrogens is 375 g/mol. The number of fused-ring (bicyclic) bond motifs is 1. The van der Waals surface area contributed by atoms with E-state index in [9.17, 15) is 18.0 Å². The first kappa shape index (κ1) is 18.1. The zero-order chi connectivity index (χ0) is 19.7. The first-order chi connectivity index (χ1) is 13.4. The maximum Gasteiger partial charge on any atom is 0.573 e. The van der Waals surface area contributed by atoms with Crippen LogP contribution in [0.1, 0.15) is 12.8 Å². The molecule has 1 atom stereocenters. The van der Waals surface area contributed by atoms with Crippen LogP contribution in [-0.2, 0) is 4.79 Å². The van der Waals surface area contributed by atoms with E-state index in [0.29, 0.717) is 24.4 Å². The van der Waals surface area contributed by atoms with Gasteiger partial charge in [0.2, 0.25) is 5.91 Å². The van der Waals surface area contributed by atoms with Crippen LogP contribution in [0.4, 0.5) is 19.0 Å². The number of hydrogen-bond donors (Lipinski definition) is 2. The Labute approximate surface area is 157 Å². The lowest BCUT2D eigenvalue weighted by atomic mass is 10.0. The summed E-state index contributed by atoms with van der Waals surface area (Å²) < 4.78 is 46.1. The van der Waals surface area contributed by atoms with Crippen molar-refractivity contribution in [1.82, 2.24) is 10.5 Å². The van der Waals surface area contributed by atoms with Crippen LogP contribution in [0.25, 0.3) is 22.1 Å². The lowest BCUT2D eigenvalue weighted by molar-refractivity contribution is -0.274. The van der Waals surface area contributed by atoms with Gasteiger partial charge in [-0.25, -0.2) is 0 Å². The number of alkyl halides is 3. The molecule has 0 aliphatic carbocycles. The van der Waals surface area contributed by atoms with E-state index in [-0.39, 0.29) is 17.7 Å². The number of nitrogens with one attached hydrogen (secondary N) is 2. The third kappa shape index (κ3) is 4.03. The normalized spacial score (nSPS) is 17.0. The second-order valence-corrected chi connectivity index (χ2v) is 6.50. The van der Waals surface area contributed by atoms with E-state index in [1.807, 2.05) is 6.07 Å². The molecule has 9 heteroatoms. The van der Waals surface area contributed by atoms with Crippen molar-refractivity contribution < 1.29 is 27.2 Å². The lowest BCUT2D eigenvalue weighted by Gasteiger charge is -2.10. The topological polar surface area (TPSA) is 76.4 Å². The molecule has 2 N–H and O–H groups in total. The maximum atomic E-state index is 12.3. The first-order valence-electron chi connectivity index (χ1n) is 8.66. The van der Waals surface area contributed by atoms with Gasteiger partial charge in [0.05, 0.1) is 5.39 Å². The highest BCUT2D eigenvalue weighted by Gasteiger charge is 2.31. The molecule has 1 fully saturated rings. The van der Waals surface area contributed by atoms with E-state index in [0.717, 1.165) is 22.9 Å². The Bertz CT molecular complexity index is 999. The Balaban J connectivity index is 1.53. The molecule has 1 amide bonds. The third-order valence-corrected chi connectivity index (χ3v) is 4.49. The van der Waals surface area contributed by atoms with Gasteiger partial charge >= 0.3 is 6.36 Å². The van der Waals surface area contributed by atoms with Crippen molar-refractivity contribution in [2.24, 2.45) is 0 Å². The fraction of sp³-hybridized carbons (Fsp3) is 0.263. The molecule has 2 heterocycles. The summed E-state index contributed by atoms with van der Waals surface area (Å²) in [6.07, 6.45) is -3.44. The fourth-order valence-electron chi connectivity index (χ4n) is 3.15. The summed E-state index contributed by atoms with van der Waals surface area (Å²) in [7, 11) is 0. The van der Waals surface area contributed by atoms with Gasteiger partial charge < -0.3 is 19.9 Å². The standard InChI is InChI=1S/C19H16F3N3O3/c20-19(21,22)27-14-5-1-11(2-6-14)12-3-7-16-15(9-12)18(25-28-16)23-10-13-4-8-17(26)24-13/h1-3,5-7,9,13H,4,8,10H2,(H,23,25)(H,24,26)/t13-/m1/s1. The number of amides is 1. The van der Waals surface area contributed by atoms with Gasteiger partial charge in [-0.1, -0.05) is 23.4 Å². The van der Waals surface area contributed by atoms with Crippen molar-refractivity contribution in [3.63, 3.8) is 0 Å². The highest BCUT2D eigenvalue weighted by Crippen LogP contribution is 2.31. The molecule has 0 saturated carbocycles. The van der Waals surface area contributed by atoms with Crippen molar-refractivity contribution >= 4 is 22.7 Å². The molecule has 146 valence electrons. The first-order valence-corrected chi connectivity index (χ1v) is 8.66. The van der Waals surface area contributed by atoms with Crippen LogP contribution in [0.3, 0.4) is 0 Å². The smallest absolute Gasteiger partial charge is 0.406 e. The van der Waals surface area contributed by atoms with Crippen LogP contribution in [0.2, 0.25) is 0 Å². The number of anilines is 1. The summed E-state index contributed by atoms with van der Waals surface area (Å²) in [5.74, 6) is 0.315. The molecule has 3 aromatic rings. The summed E-state index contributed by atoms with van der Waals surface area (Å²) >= 11 is 0. The molecule has 28 heavy (non-hydrogen) atoms. The Hall–Kier alpha value is -3.23. The minimum absolute atomic E-state index is 0.0389. The third-order valence-electron chi connectivity index (χ3n) is 4.49. The molecular formula is C19H16F3N3O3. The van der Waals surface area contributed by atoms with Crippen LogP contribution in [0.15, 0.2) is 47.0 Å². The number of halogens is 3. The van der Waals surface area contributed by atoms with E-state index in [2.05, 4.69) is 20.5 Å². The van der Waals surface area contributed by atoms with E-state index in [1.165, 1.54) is 12.1 Å². The highest BCUT2D eigenvalue weighted by molar-refractivity contribution is 5.92. The molecule has 4 rings (SSSR count). The lowest BCUT2D eigenvalue weighted by Crippen LogP contribution is -2.31. The Kier molecular flexibility index (Phi) is 4.58. The van der Waals surface area contributed by atoms with Gasteiger partial charge in [0, 0.05) is 19.0 Å². The Morgan fingerprint density at radius 2 is 1.93 bits per heavy atom. The van der Waals surface area contributed by atoms with E-state index >= 15 is 0 Å². The maximum absolute atomic E-state index is 12.3. The summed E-state index contributed by atoms with van der Waals surface area (Å²) in [5, 5.41) is 10.8. The molecule has 2 aromatic carbocycles. The minimum Gasteiger partial charge on any atom is -0.406 e. The molecule has 1 aliphatic rings. The zero-order valence-corrected chi connectivity index (χ0v) is 14.5. The molecule has 6 nitrogen and oxygen atoms in total. The van der Waals surface area contributed by atoms with Gasteiger partial charge in [-0.05, 0) is 41.8 Å². The second kappa shape index (κ2) is 7.06. The van der Waals surface area contributed by atoms with Crippen molar-refractivity contribution in [2.45, 2.75) is 25.2 Å². The van der Waals surface area contributed by atoms with E-state index in [1.54, 1.807) is 24.3 Å². The number of hydrogen-bond acceptors (Lipinski definition) is 5. The Morgan fingerprint density at radius 1 is 1.18 bits per heavy atom. The predicted molar refractivity (Wildman–Crippen MR) is 95.8 cm³/mol. The van der Waals surface area contributed by atoms with Crippen LogP contribution in [0.5, 0.6) is 5.75 Å². The molecule has 0 bridgehead atoms. The van der Waals surface area contributed by atoms with Gasteiger partial charge in [0.25, 0.3) is 0 Å². The second-order valence-electron chi connectivity index (χ2n) is 6.50. The van der Waals surface area contributed by atoms with Crippen molar-refractivity contribution in [2.75, 3.05) is 11.9 Å².